The Kier molecular flexibility index (Phi) is 37.3. The number of carbonyl (C=O) groups is 1. The topological polar surface area (TPSA) is 108 Å². The van der Waals surface area contributed by atoms with Gasteiger partial charge in [-0.15, -0.1) is 0 Å². The highest BCUT2D eigenvalue weighted by atomic mass is 31.2. The lowest BCUT2D eigenvalue weighted by atomic mass is 10.0. The molecule has 322 valence electrons. The maximum Gasteiger partial charge on any atom is 0.268 e. The zero-order chi connectivity index (χ0) is 40.0. The first-order valence-electron chi connectivity index (χ1n) is 23.1. The van der Waals surface area contributed by atoms with E-state index in [1.807, 2.05) is 27.2 Å². The number of aliphatic hydroxyl groups is 1. The molecule has 0 radical (unpaired) electrons. The third-order valence-corrected chi connectivity index (χ3v) is 11.5. The molecule has 0 saturated heterocycles. The van der Waals surface area contributed by atoms with Crippen molar-refractivity contribution in [3.63, 3.8) is 0 Å². The van der Waals surface area contributed by atoms with E-state index in [0.717, 1.165) is 38.5 Å². The van der Waals surface area contributed by atoms with Gasteiger partial charge < -0.3 is 28.8 Å². The van der Waals surface area contributed by atoms with Crippen molar-refractivity contribution in [3.05, 3.63) is 12.2 Å². The van der Waals surface area contributed by atoms with Crippen LogP contribution in [0, 0.1) is 0 Å². The van der Waals surface area contributed by atoms with E-state index >= 15 is 0 Å². The molecule has 0 aromatic rings. The van der Waals surface area contributed by atoms with Crippen molar-refractivity contribution in [2.75, 3.05) is 40.9 Å². The Labute approximate surface area is 335 Å². The summed E-state index contributed by atoms with van der Waals surface area (Å²) in [6, 6.07) is -0.876. The minimum absolute atomic E-state index is 0.000425. The lowest BCUT2D eigenvalue weighted by Crippen LogP contribution is -2.45. The fourth-order valence-corrected chi connectivity index (χ4v) is 7.51. The Balaban J connectivity index is 3.80. The molecule has 3 atom stereocenters. The number of hydrogen-bond acceptors (Lipinski definition) is 6. The van der Waals surface area contributed by atoms with Gasteiger partial charge in [-0.05, 0) is 12.8 Å². The van der Waals surface area contributed by atoms with Gasteiger partial charge in [0.15, 0.2) is 0 Å². The predicted octanol–water partition coefficient (Wildman–Crippen LogP) is 12.1. The monoisotopic (exact) mass is 787 g/mol. The molecule has 2 N–H and O–H groups in total. The summed E-state index contributed by atoms with van der Waals surface area (Å²) in [5.41, 5.74) is 0. The normalized spacial score (nSPS) is 14.4. The van der Waals surface area contributed by atoms with Gasteiger partial charge in [0, 0.05) is 6.42 Å². The standard InChI is InChI=1S/C45H91N2O6P/c1-6-8-10-12-13-14-15-16-17-18-19-20-21-22-23-24-25-26-27-28-29-30-31-32-33-34-35-37-39-45(49)46-43(44(48)38-36-11-9-7-2)42-53-54(50,51)52-41-40-47(3,4)5/h36,38,43-44,48H,6-35,37,39-42H2,1-5H3,(H-,46,49,50,51)/b38-36+. The second kappa shape index (κ2) is 37.8. The number of carbonyl (C=O) groups excluding carboxylic acids is 1. The Hall–Kier alpha value is -0.760. The van der Waals surface area contributed by atoms with E-state index < -0.39 is 20.0 Å². The maximum atomic E-state index is 12.7. The fourth-order valence-electron chi connectivity index (χ4n) is 6.79. The van der Waals surface area contributed by atoms with Gasteiger partial charge in [0.25, 0.3) is 7.82 Å². The number of unbranched alkanes of at least 4 members (excludes halogenated alkanes) is 29. The summed E-state index contributed by atoms with van der Waals surface area (Å²) in [6.07, 6.45) is 43.5. The molecule has 0 bridgehead atoms. The van der Waals surface area contributed by atoms with Crippen LogP contribution in [0.4, 0.5) is 0 Å². The first-order chi connectivity index (χ1) is 26.0. The first kappa shape index (κ1) is 53.2. The van der Waals surface area contributed by atoms with Gasteiger partial charge in [-0.2, -0.15) is 0 Å². The van der Waals surface area contributed by atoms with Gasteiger partial charge in [0.05, 0.1) is 39.9 Å². The van der Waals surface area contributed by atoms with Crippen LogP contribution in [-0.2, 0) is 18.4 Å². The molecule has 0 saturated carbocycles. The van der Waals surface area contributed by atoms with E-state index in [1.54, 1.807) is 6.08 Å². The number of hydrogen-bond donors (Lipinski definition) is 2. The third kappa shape index (κ3) is 39.5. The lowest BCUT2D eigenvalue weighted by molar-refractivity contribution is -0.870. The average molecular weight is 787 g/mol. The van der Waals surface area contributed by atoms with E-state index in [4.69, 9.17) is 9.05 Å². The number of nitrogens with zero attached hydrogens (tertiary/aromatic N) is 1. The smallest absolute Gasteiger partial charge is 0.268 e. The number of nitrogens with one attached hydrogen (secondary N) is 1. The van der Waals surface area contributed by atoms with Crippen molar-refractivity contribution in [2.24, 2.45) is 0 Å². The summed E-state index contributed by atoms with van der Waals surface area (Å²) in [5.74, 6) is -0.203. The van der Waals surface area contributed by atoms with Crippen LogP contribution < -0.4 is 10.2 Å². The number of likely N-dealkylation sites (N-methyl/N-ethyl adjacent to an activating group) is 1. The van der Waals surface area contributed by atoms with Crippen molar-refractivity contribution in [2.45, 2.75) is 231 Å². The van der Waals surface area contributed by atoms with Gasteiger partial charge in [-0.3, -0.25) is 9.36 Å². The van der Waals surface area contributed by atoms with E-state index in [1.165, 1.54) is 161 Å². The Morgan fingerprint density at radius 3 is 1.37 bits per heavy atom. The molecule has 54 heavy (non-hydrogen) atoms. The second-order valence-electron chi connectivity index (χ2n) is 17.1. The highest BCUT2D eigenvalue weighted by Gasteiger charge is 2.23. The molecular formula is C45H91N2O6P. The summed E-state index contributed by atoms with van der Waals surface area (Å²) in [5, 5.41) is 13.5. The average Bonchev–Trinajstić information content (AvgIpc) is 3.12. The summed E-state index contributed by atoms with van der Waals surface area (Å²) >= 11 is 0. The van der Waals surface area contributed by atoms with Crippen LogP contribution in [0.3, 0.4) is 0 Å². The Bertz CT molecular complexity index is 896. The van der Waals surface area contributed by atoms with Gasteiger partial charge in [0.2, 0.25) is 5.91 Å². The molecule has 0 fully saturated rings. The van der Waals surface area contributed by atoms with Crippen molar-refractivity contribution < 1.29 is 32.9 Å². The molecule has 9 heteroatoms. The molecule has 0 aliphatic heterocycles. The van der Waals surface area contributed by atoms with E-state index in [0.29, 0.717) is 17.4 Å². The van der Waals surface area contributed by atoms with Crippen molar-refractivity contribution in [1.82, 2.24) is 5.32 Å². The molecule has 0 heterocycles. The number of rotatable bonds is 42. The number of allylic oxidation sites excluding steroid dienone is 1. The molecule has 0 rings (SSSR count). The Morgan fingerprint density at radius 2 is 1.00 bits per heavy atom. The van der Waals surface area contributed by atoms with Crippen molar-refractivity contribution in [3.8, 4) is 0 Å². The maximum absolute atomic E-state index is 12.7. The molecule has 0 aromatic heterocycles. The number of amides is 1. The van der Waals surface area contributed by atoms with Crippen LogP contribution in [0.1, 0.15) is 219 Å². The van der Waals surface area contributed by atoms with E-state index in [-0.39, 0.29) is 19.1 Å². The van der Waals surface area contributed by atoms with Crippen LogP contribution in [0.2, 0.25) is 0 Å². The van der Waals surface area contributed by atoms with Crippen LogP contribution in [0.5, 0.6) is 0 Å². The van der Waals surface area contributed by atoms with Gasteiger partial charge in [-0.25, -0.2) is 0 Å². The quantitative estimate of drug-likeness (QED) is 0.0276. The summed E-state index contributed by atoms with van der Waals surface area (Å²) < 4.78 is 22.9. The van der Waals surface area contributed by atoms with Gasteiger partial charge in [-0.1, -0.05) is 212 Å². The second-order valence-corrected chi connectivity index (χ2v) is 18.5. The summed E-state index contributed by atoms with van der Waals surface area (Å²) in [7, 11) is 1.26. The van der Waals surface area contributed by atoms with Crippen LogP contribution >= 0.6 is 7.82 Å². The molecule has 0 aromatic carbocycles. The molecular weight excluding hydrogens is 695 g/mol. The third-order valence-electron chi connectivity index (χ3n) is 10.5. The minimum Gasteiger partial charge on any atom is -0.756 e. The largest absolute Gasteiger partial charge is 0.756 e. The molecule has 0 spiro atoms. The van der Waals surface area contributed by atoms with Crippen LogP contribution in [0.25, 0.3) is 0 Å². The summed E-state index contributed by atoms with van der Waals surface area (Å²) in [6.45, 7) is 4.51. The predicted molar refractivity (Wildman–Crippen MR) is 229 cm³/mol. The number of phosphoric ester groups is 1. The van der Waals surface area contributed by atoms with E-state index in [2.05, 4.69) is 19.2 Å². The number of phosphoric acid groups is 1. The Morgan fingerprint density at radius 1 is 0.630 bits per heavy atom. The summed E-state index contributed by atoms with van der Waals surface area (Å²) in [4.78, 5) is 25.0. The molecule has 1 amide bonds. The molecule has 0 aliphatic rings. The first-order valence-corrected chi connectivity index (χ1v) is 24.5. The molecule has 8 nitrogen and oxygen atoms in total. The van der Waals surface area contributed by atoms with E-state index in [9.17, 15) is 19.4 Å². The SMILES string of the molecule is CCCC/C=C/C(O)C(COP(=O)([O-])OCC[N+](C)(C)C)NC(=O)CCCCCCCCCCCCCCCCCCCCCCCCCCCCCC. The van der Waals surface area contributed by atoms with Gasteiger partial charge >= 0.3 is 0 Å². The van der Waals surface area contributed by atoms with Crippen molar-refractivity contribution >= 4 is 13.7 Å². The number of aliphatic hydroxyl groups excluding tert-OH is 1. The van der Waals surface area contributed by atoms with Crippen molar-refractivity contribution in [1.29, 1.82) is 0 Å². The van der Waals surface area contributed by atoms with Crippen LogP contribution in [0.15, 0.2) is 12.2 Å². The molecule has 0 aliphatic carbocycles. The highest BCUT2D eigenvalue weighted by molar-refractivity contribution is 7.45. The number of quaternary nitrogens is 1. The zero-order valence-corrected chi connectivity index (χ0v) is 37.3. The van der Waals surface area contributed by atoms with Gasteiger partial charge in [0.1, 0.15) is 13.2 Å². The molecule has 3 unspecified atom stereocenters. The fraction of sp³-hybridized carbons (Fsp3) is 0.933. The lowest BCUT2D eigenvalue weighted by Gasteiger charge is -2.29. The van der Waals surface area contributed by atoms with Crippen LogP contribution in [-0.4, -0.2) is 68.5 Å². The zero-order valence-electron chi connectivity index (χ0n) is 36.4. The highest BCUT2D eigenvalue weighted by Crippen LogP contribution is 2.38. The minimum atomic E-state index is -4.56.